The third-order valence-corrected chi connectivity index (χ3v) is 5.83. The Morgan fingerprint density at radius 3 is 2.56 bits per heavy atom. The maximum absolute atomic E-state index is 13.8. The summed E-state index contributed by atoms with van der Waals surface area (Å²) in [6.07, 6.45) is -3.04. The SMILES string of the molecule is COc1ccc(CCNC(=O)c2cnn3c2NC(c2ccccc2)CC3C(F)(F)F)cc1OC. The summed E-state index contributed by atoms with van der Waals surface area (Å²) in [5, 5.41) is 9.77. The van der Waals surface area contributed by atoms with E-state index in [2.05, 4.69) is 15.7 Å². The van der Waals surface area contributed by atoms with Crippen molar-refractivity contribution < 1.29 is 27.4 Å². The molecular formula is C24H25F3N4O3. The summed E-state index contributed by atoms with van der Waals surface area (Å²) in [6.45, 7) is 0.281. The van der Waals surface area contributed by atoms with Crippen molar-refractivity contribution in [3.8, 4) is 11.5 Å². The molecule has 7 nitrogen and oxygen atoms in total. The summed E-state index contributed by atoms with van der Waals surface area (Å²) in [5.74, 6) is 0.737. The Hall–Kier alpha value is -3.69. The van der Waals surface area contributed by atoms with Gasteiger partial charge in [0, 0.05) is 13.0 Å². The number of hydrogen-bond donors (Lipinski definition) is 2. The Morgan fingerprint density at radius 1 is 1.15 bits per heavy atom. The lowest BCUT2D eigenvalue weighted by molar-refractivity contribution is -0.173. The molecule has 1 aliphatic rings. The number of ether oxygens (including phenoxy) is 2. The molecule has 0 spiro atoms. The van der Waals surface area contributed by atoms with E-state index in [1.54, 1.807) is 43.5 Å². The van der Waals surface area contributed by atoms with Gasteiger partial charge in [0.2, 0.25) is 0 Å². The molecule has 3 aromatic rings. The lowest BCUT2D eigenvalue weighted by Crippen LogP contribution is -2.36. The zero-order valence-electron chi connectivity index (χ0n) is 18.7. The van der Waals surface area contributed by atoms with Crippen LogP contribution in [0.15, 0.2) is 54.7 Å². The summed E-state index contributed by atoms with van der Waals surface area (Å²) in [7, 11) is 3.08. The van der Waals surface area contributed by atoms with Gasteiger partial charge in [0.25, 0.3) is 5.91 Å². The number of rotatable bonds is 7. The lowest BCUT2D eigenvalue weighted by Gasteiger charge is -2.34. The van der Waals surface area contributed by atoms with E-state index in [0.29, 0.717) is 23.5 Å². The molecule has 2 N–H and O–H groups in total. The first-order valence-electron chi connectivity index (χ1n) is 10.8. The molecule has 180 valence electrons. The Balaban J connectivity index is 1.50. The summed E-state index contributed by atoms with van der Waals surface area (Å²) in [5.41, 5.74) is 1.69. The minimum Gasteiger partial charge on any atom is -0.493 e. The van der Waals surface area contributed by atoms with Crippen LogP contribution < -0.4 is 20.1 Å². The Kier molecular flexibility index (Phi) is 6.67. The predicted molar refractivity (Wildman–Crippen MR) is 120 cm³/mol. The molecule has 0 saturated carbocycles. The van der Waals surface area contributed by atoms with E-state index in [1.165, 1.54) is 13.3 Å². The van der Waals surface area contributed by atoms with Crippen LogP contribution in [0.5, 0.6) is 11.5 Å². The van der Waals surface area contributed by atoms with Crippen molar-refractivity contribution >= 4 is 11.7 Å². The van der Waals surface area contributed by atoms with Crippen molar-refractivity contribution in [2.75, 3.05) is 26.1 Å². The zero-order valence-corrected chi connectivity index (χ0v) is 18.7. The van der Waals surface area contributed by atoms with Crippen LogP contribution >= 0.6 is 0 Å². The summed E-state index contributed by atoms with van der Waals surface area (Å²) < 4.78 is 52.8. The van der Waals surface area contributed by atoms with Gasteiger partial charge in [-0.25, -0.2) is 4.68 Å². The number of methoxy groups -OCH3 is 2. The Bertz CT molecular complexity index is 1150. The van der Waals surface area contributed by atoms with Crippen LogP contribution in [0.25, 0.3) is 0 Å². The van der Waals surface area contributed by atoms with Gasteiger partial charge >= 0.3 is 6.18 Å². The van der Waals surface area contributed by atoms with Crippen molar-refractivity contribution in [2.24, 2.45) is 0 Å². The zero-order chi connectivity index (χ0) is 24.3. The number of carbonyl (C=O) groups excluding carboxylic acids is 1. The highest BCUT2D eigenvalue weighted by Gasteiger charge is 2.47. The van der Waals surface area contributed by atoms with Crippen molar-refractivity contribution in [2.45, 2.75) is 31.1 Å². The first-order chi connectivity index (χ1) is 16.3. The molecular weight excluding hydrogens is 449 g/mol. The van der Waals surface area contributed by atoms with E-state index in [1.807, 2.05) is 12.1 Å². The highest BCUT2D eigenvalue weighted by atomic mass is 19.4. The standard InChI is InChI=1S/C24H25F3N4O3/c1-33-19-9-8-15(12-20(19)34-2)10-11-28-23(32)17-14-29-31-21(24(25,26)27)13-18(30-22(17)31)16-6-4-3-5-7-16/h3-9,12,14,18,21,30H,10-11,13H2,1-2H3,(H,28,32). The molecule has 0 fully saturated rings. The van der Waals surface area contributed by atoms with Gasteiger partial charge < -0.3 is 20.1 Å². The molecule has 10 heteroatoms. The average Bonchev–Trinajstić information content (AvgIpc) is 3.27. The van der Waals surface area contributed by atoms with Crippen LogP contribution in [0.3, 0.4) is 0 Å². The molecule has 0 saturated heterocycles. The van der Waals surface area contributed by atoms with E-state index in [0.717, 1.165) is 10.2 Å². The van der Waals surface area contributed by atoms with Crippen molar-refractivity contribution in [1.29, 1.82) is 0 Å². The molecule has 1 aromatic heterocycles. The predicted octanol–water partition coefficient (Wildman–Crippen LogP) is 4.53. The van der Waals surface area contributed by atoms with E-state index >= 15 is 0 Å². The van der Waals surface area contributed by atoms with E-state index in [9.17, 15) is 18.0 Å². The van der Waals surface area contributed by atoms with Gasteiger partial charge in [-0.1, -0.05) is 36.4 Å². The third kappa shape index (κ3) is 4.80. The maximum atomic E-state index is 13.8. The highest BCUT2D eigenvalue weighted by Crippen LogP contribution is 2.44. The number of fused-ring (bicyclic) bond motifs is 1. The number of anilines is 1. The monoisotopic (exact) mass is 474 g/mol. The molecule has 0 aliphatic carbocycles. The summed E-state index contributed by atoms with van der Waals surface area (Å²) >= 11 is 0. The van der Waals surface area contributed by atoms with Crippen LogP contribution in [0, 0.1) is 0 Å². The fourth-order valence-electron chi connectivity index (χ4n) is 4.08. The quantitative estimate of drug-likeness (QED) is 0.526. The van der Waals surface area contributed by atoms with E-state index < -0.39 is 24.2 Å². The lowest BCUT2D eigenvalue weighted by atomic mass is 9.96. The number of benzene rings is 2. The van der Waals surface area contributed by atoms with Crippen molar-refractivity contribution in [3.05, 3.63) is 71.4 Å². The smallest absolute Gasteiger partial charge is 0.410 e. The minimum atomic E-state index is -4.50. The van der Waals surface area contributed by atoms with Crippen LogP contribution in [0.2, 0.25) is 0 Å². The molecule has 4 rings (SSSR count). The number of nitrogens with one attached hydrogen (secondary N) is 2. The topological polar surface area (TPSA) is 77.4 Å². The number of amides is 1. The van der Waals surface area contributed by atoms with Crippen LogP contribution in [-0.4, -0.2) is 42.6 Å². The van der Waals surface area contributed by atoms with Crippen molar-refractivity contribution in [1.82, 2.24) is 15.1 Å². The molecule has 2 unspecified atom stereocenters. The van der Waals surface area contributed by atoms with Gasteiger partial charge in [-0.15, -0.1) is 0 Å². The minimum absolute atomic E-state index is 0.0612. The van der Waals surface area contributed by atoms with Gasteiger partial charge in [0.05, 0.1) is 26.5 Å². The number of halogens is 3. The Morgan fingerprint density at radius 2 is 1.88 bits per heavy atom. The van der Waals surface area contributed by atoms with Crippen LogP contribution in [-0.2, 0) is 6.42 Å². The fraction of sp³-hybridized carbons (Fsp3) is 0.333. The molecule has 2 heterocycles. The molecule has 0 radical (unpaired) electrons. The summed E-state index contributed by atoms with van der Waals surface area (Å²) in [4.78, 5) is 12.9. The number of hydrogen-bond acceptors (Lipinski definition) is 5. The first-order valence-corrected chi connectivity index (χ1v) is 10.8. The second-order valence-corrected chi connectivity index (χ2v) is 7.95. The van der Waals surface area contributed by atoms with E-state index in [-0.39, 0.29) is 24.3 Å². The number of aromatic nitrogens is 2. The second kappa shape index (κ2) is 9.66. The van der Waals surface area contributed by atoms with Gasteiger partial charge in [0.1, 0.15) is 11.4 Å². The highest BCUT2D eigenvalue weighted by molar-refractivity contribution is 5.98. The molecule has 2 atom stereocenters. The van der Waals surface area contributed by atoms with Crippen molar-refractivity contribution in [3.63, 3.8) is 0 Å². The molecule has 34 heavy (non-hydrogen) atoms. The molecule has 1 aliphatic heterocycles. The largest absolute Gasteiger partial charge is 0.493 e. The molecule has 0 bridgehead atoms. The van der Waals surface area contributed by atoms with Crippen LogP contribution in [0.1, 0.15) is 40.0 Å². The van der Waals surface area contributed by atoms with Gasteiger partial charge in [-0.05, 0) is 29.7 Å². The Labute approximate surface area is 194 Å². The van der Waals surface area contributed by atoms with Gasteiger partial charge in [-0.3, -0.25) is 4.79 Å². The summed E-state index contributed by atoms with van der Waals surface area (Å²) in [6, 6.07) is 11.9. The van der Waals surface area contributed by atoms with Crippen LogP contribution in [0.4, 0.5) is 19.0 Å². The fourth-order valence-corrected chi connectivity index (χ4v) is 4.08. The maximum Gasteiger partial charge on any atom is 0.410 e. The number of nitrogens with zero attached hydrogens (tertiary/aromatic N) is 2. The average molecular weight is 474 g/mol. The van der Waals surface area contributed by atoms with E-state index in [4.69, 9.17) is 9.47 Å². The second-order valence-electron chi connectivity index (χ2n) is 7.95. The third-order valence-electron chi connectivity index (χ3n) is 5.83. The number of alkyl halides is 3. The first kappa shape index (κ1) is 23.5. The van der Waals surface area contributed by atoms with Gasteiger partial charge in [0.15, 0.2) is 17.5 Å². The molecule has 1 amide bonds. The normalized spacial score (nSPS) is 17.4. The molecule has 2 aromatic carbocycles. The number of carbonyl (C=O) groups is 1. The van der Waals surface area contributed by atoms with Gasteiger partial charge in [-0.2, -0.15) is 18.3 Å².